The molecule has 1 aliphatic heterocycles. The van der Waals surface area contributed by atoms with Crippen LogP contribution in [0.3, 0.4) is 0 Å². The molecule has 1 saturated heterocycles. The Labute approximate surface area is 129 Å². The highest BCUT2D eigenvalue weighted by atomic mass is 79.9. The van der Waals surface area contributed by atoms with Crippen molar-refractivity contribution in [2.45, 2.75) is 50.5 Å². The topological polar surface area (TPSA) is 16.1 Å². The van der Waals surface area contributed by atoms with Crippen LogP contribution >= 0.6 is 15.9 Å². The van der Waals surface area contributed by atoms with Crippen LogP contribution in [0, 0.1) is 0 Å². The summed E-state index contributed by atoms with van der Waals surface area (Å²) in [5.74, 6) is 1.18. The Morgan fingerprint density at radius 2 is 2.10 bits per heavy atom. The summed E-state index contributed by atoms with van der Waals surface area (Å²) < 4.78 is 0. The monoisotopic (exact) mass is 332 g/mol. The number of rotatable bonds is 3. The predicted octanol–water partition coefficient (Wildman–Crippen LogP) is 4.90. The van der Waals surface area contributed by atoms with Crippen molar-refractivity contribution in [1.82, 2.24) is 4.98 Å². The van der Waals surface area contributed by atoms with Gasteiger partial charge in [-0.05, 0) is 38.3 Å². The van der Waals surface area contributed by atoms with E-state index in [1.54, 1.807) is 0 Å². The van der Waals surface area contributed by atoms with E-state index in [2.05, 4.69) is 65.0 Å². The molecule has 106 valence electrons. The van der Waals surface area contributed by atoms with Crippen LogP contribution in [-0.4, -0.2) is 17.1 Å². The van der Waals surface area contributed by atoms with Gasteiger partial charge in [0.2, 0.25) is 0 Å². The lowest BCUT2D eigenvalue weighted by Gasteiger charge is -2.31. The maximum absolute atomic E-state index is 4.97. The smallest absolute Gasteiger partial charge is 0.133 e. The van der Waals surface area contributed by atoms with Crippen LogP contribution < -0.4 is 4.90 Å². The number of fused-ring (bicyclic) bond motifs is 1. The number of alkyl halides is 1. The van der Waals surface area contributed by atoms with Gasteiger partial charge in [0.1, 0.15) is 5.82 Å². The fourth-order valence-corrected chi connectivity index (χ4v) is 3.74. The Morgan fingerprint density at radius 1 is 1.30 bits per heavy atom. The molecule has 2 heterocycles. The minimum atomic E-state index is 0.589. The summed E-state index contributed by atoms with van der Waals surface area (Å²) in [6.45, 7) is 4.61. The maximum atomic E-state index is 4.97. The summed E-state index contributed by atoms with van der Waals surface area (Å²) in [6.07, 6.45) is 3.75. The molecule has 3 rings (SSSR count). The second-order valence-corrected chi connectivity index (χ2v) is 6.25. The molecule has 2 nitrogen and oxygen atoms in total. The van der Waals surface area contributed by atoms with E-state index in [0.717, 1.165) is 10.8 Å². The SMILES string of the molecule is CCC1CCC(C)N1c1nc2ccccc2cc1CBr. The largest absolute Gasteiger partial charge is 0.351 e. The number of hydrogen-bond acceptors (Lipinski definition) is 2. The van der Waals surface area contributed by atoms with E-state index in [0.29, 0.717) is 12.1 Å². The quantitative estimate of drug-likeness (QED) is 0.743. The van der Waals surface area contributed by atoms with Gasteiger partial charge in [0, 0.05) is 28.4 Å². The molecular weight excluding hydrogens is 312 g/mol. The van der Waals surface area contributed by atoms with Gasteiger partial charge >= 0.3 is 0 Å². The third-order valence-electron chi connectivity index (χ3n) is 4.43. The molecule has 2 aromatic rings. The predicted molar refractivity (Wildman–Crippen MR) is 89.6 cm³/mol. The summed E-state index contributed by atoms with van der Waals surface area (Å²) in [5, 5.41) is 2.09. The molecule has 1 fully saturated rings. The Morgan fingerprint density at radius 3 is 2.85 bits per heavy atom. The van der Waals surface area contributed by atoms with Gasteiger partial charge in [0.25, 0.3) is 0 Å². The van der Waals surface area contributed by atoms with Crippen LogP contribution in [0.15, 0.2) is 30.3 Å². The summed E-state index contributed by atoms with van der Waals surface area (Å²) >= 11 is 3.64. The maximum Gasteiger partial charge on any atom is 0.133 e. The highest BCUT2D eigenvalue weighted by Gasteiger charge is 2.31. The summed E-state index contributed by atoms with van der Waals surface area (Å²) in [6, 6.07) is 11.9. The van der Waals surface area contributed by atoms with Crippen LogP contribution in [0.2, 0.25) is 0 Å². The lowest BCUT2D eigenvalue weighted by Crippen LogP contribution is -2.35. The lowest BCUT2D eigenvalue weighted by molar-refractivity contribution is 0.620. The zero-order valence-electron chi connectivity index (χ0n) is 12.1. The molecule has 1 aromatic carbocycles. The Balaban J connectivity index is 2.13. The van der Waals surface area contributed by atoms with E-state index in [-0.39, 0.29) is 0 Å². The van der Waals surface area contributed by atoms with Crippen molar-refractivity contribution in [3.05, 3.63) is 35.9 Å². The molecular formula is C17H21BrN2. The lowest BCUT2D eigenvalue weighted by atomic mass is 10.1. The number of halogens is 1. The van der Waals surface area contributed by atoms with Gasteiger partial charge in [0.15, 0.2) is 0 Å². The standard InChI is InChI=1S/C17H21BrN2/c1-3-15-9-8-12(2)20(15)17-14(11-18)10-13-6-4-5-7-16(13)19-17/h4-7,10,12,15H,3,8-9,11H2,1-2H3. The first-order valence-corrected chi connectivity index (χ1v) is 8.59. The third-order valence-corrected chi connectivity index (χ3v) is 5.03. The highest BCUT2D eigenvalue weighted by molar-refractivity contribution is 9.08. The fourth-order valence-electron chi connectivity index (χ4n) is 3.33. The number of pyridine rings is 1. The van der Waals surface area contributed by atoms with E-state index >= 15 is 0 Å². The van der Waals surface area contributed by atoms with E-state index in [4.69, 9.17) is 4.98 Å². The first kappa shape index (κ1) is 13.9. The van der Waals surface area contributed by atoms with Gasteiger partial charge in [-0.1, -0.05) is 41.1 Å². The van der Waals surface area contributed by atoms with Gasteiger partial charge in [-0.3, -0.25) is 0 Å². The van der Waals surface area contributed by atoms with E-state index < -0.39 is 0 Å². The zero-order valence-corrected chi connectivity index (χ0v) is 13.7. The van der Waals surface area contributed by atoms with E-state index in [9.17, 15) is 0 Å². The molecule has 1 aliphatic rings. The van der Waals surface area contributed by atoms with Crippen molar-refractivity contribution in [2.24, 2.45) is 0 Å². The van der Waals surface area contributed by atoms with Crippen LogP contribution in [0.4, 0.5) is 5.82 Å². The Kier molecular flexibility index (Phi) is 3.97. The number of benzene rings is 1. The zero-order chi connectivity index (χ0) is 14.1. The van der Waals surface area contributed by atoms with Crippen LogP contribution in [0.25, 0.3) is 10.9 Å². The Bertz CT molecular complexity index is 611. The van der Waals surface area contributed by atoms with Crippen molar-refractivity contribution < 1.29 is 0 Å². The van der Waals surface area contributed by atoms with Crippen molar-refractivity contribution >= 4 is 32.7 Å². The van der Waals surface area contributed by atoms with Gasteiger partial charge in [-0.25, -0.2) is 4.98 Å². The molecule has 0 spiro atoms. The molecule has 0 N–H and O–H groups in total. The summed E-state index contributed by atoms with van der Waals surface area (Å²) in [7, 11) is 0. The van der Waals surface area contributed by atoms with Crippen LogP contribution in [-0.2, 0) is 5.33 Å². The van der Waals surface area contributed by atoms with Gasteiger partial charge in [-0.2, -0.15) is 0 Å². The average Bonchev–Trinajstić information content (AvgIpc) is 2.86. The molecule has 0 saturated carbocycles. The van der Waals surface area contributed by atoms with Crippen molar-refractivity contribution in [3.8, 4) is 0 Å². The minimum absolute atomic E-state index is 0.589. The molecule has 0 aliphatic carbocycles. The van der Waals surface area contributed by atoms with Gasteiger partial charge in [-0.15, -0.1) is 0 Å². The van der Waals surface area contributed by atoms with Crippen molar-refractivity contribution in [3.63, 3.8) is 0 Å². The summed E-state index contributed by atoms with van der Waals surface area (Å²) in [4.78, 5) is 7.52. The average molecular weight is 333 g/mol. The van der Waals surface area contributed by atoms with Crippen LogP contribution in [0.1, 0.15) is 38.7 Å². The Hall–Kier alpha value is -1.09. The minimum Gasteiger partial charge on any atom is -0.351 e. The number of hydrogen-bond donors (Lipinski definition) is 0. The molecule has 3 heteroatoms. The van der Waals surface area contributed by atoms with Gasteiger partial charge in [0.05, 0.1) is 5.52 Å². The van der Waals surface area contributed by atoms with Gasteiger partial charge < -0.3 is 4.90 Å². The first-order valence-electron chi connectivity index (χ1n) is 7.47. The fraction of sp³-hybridized carbons (Fsp3) is 0.471. The van der Waals surface area contributed by atoms with E-state index in [1.807, 2.05) is 0 Å². The van der Waals surface area contributed by atoms with E-state index in [1.165, 1.54) is 36.0 Å². The number of anilines is 1. The molecule has 0 radical (unpaired) electrons. The summed E-state index contributed by atoms with van der Waals surface area (Å²) in [5.41, 5.74) is 2.40. The molecule has 0 amide bonds. The molecule has 0 bridgehead atoms. The molecule has 20 heavy (non-hydrogen) atoms. The second-order valence-electron chi connectivity index (χ2n) is 5.69. The number of para-hydroxylation sites is 1. The third kappa shape index (κ3) is 2.32. The number of aromatic nitrogens is 1. The molecule has 1 aromatic heterocycles. The first-order chi connectivity index (χ1) is 9.74. The van der Waals surface area contributed by atoms with Crippen LogP contribution in [0.5, 0.6) is 0 Å². The number of nitrogens with zero attached hydrogens (tertiary/aromatic N) is 2. The molecule has 2 atom stereocenters. The second kappa shape index (κ2) is 5.72. The highest BCUT2D eigenvalue weighted by Crippen LogP contribution is 2.35. The molecule has 2 unspecified atom stereocenters. The van der Waals surface area contributed by atoms with Crippen molar-refractivity contribution in [2.75, 3.05) is 4.90 Å². The van der Waals surface area contributed by atoms with Crippen molar-refractivity contribution in [1.29, 1.82) is 0 Å². The normalized spacial score (nSPS) is 22.6.